The molecule has 2 aliphatic rings. The summed E-state index contributed by atoms with van der Waals surface area (Å²) in [4.78, 5) is 34.5. The topological polar surface area (TPSA) is 113 Å². The maximum Gasteiger partial charge on any atom is 0.424 e. The third-order valence-electron chi connectivity index (χ3n) is 8.50. The van der Waals surface area contributed by atoms with Crippen molar-refractivity contribution in [3.63, 3.8) is 0 Å². The van der Waals surface area contributed by atoms with Gasteiger partial charge < -0.3 is 24.4 Å². The Kier molecular flexibility index (Phi) is 13.6. The molecule has 2 aliphatic heterocycles. The van der Waals surface area contributed by atoms with Crippen molar-refractivity contribution < 1.29 is 32.6 Å². The summed E-state index contributed by atoms with van der Waals surface area (Å²) in [6.45, 7) is 3.25. The van der Waals surface area contributed by atoms with Gasteiger partial charge in [0.05, 0.1) is 11.4 Å². The lowest BCUT2D eigenvalue weighted by Crippen LogP contribution is -2.42. The van der Waals surface area contributed by atoms with Gasteiger partial charge in [-0.15, -0.1) is 0 Å². The Hall–Kier alpha value is -5.24. The second-order valence-corrected chi connectivity index (χ2v) is 11.9. The van der Waals surface area contributed by atoms with E-state index in [4.69, 9.17) is 14.2 Å². The Labute approximate surface area is 295 Å². The molecule has 2 fully saturated rings. The van der Waals surface area contributed by atoms with E-state index in [1.54, 1.807) is 72.9 Å². The summed E-state index contributed by atoms with van der Waals surface area (Å²) in [5.74, 6) is -0.153. The molecule has 268 valence electrons. The summed E-state index contributed by atoms with van der Waals surface area (Å²) < 4.78 is 44.2. The number of carbonyl (C=O) groups is 2. The highest BCUT2D eigenvalue weighted by Crippen LogP contribution is 2.20. The predicted molar refractivity (Wildman–Crippen MR) is 188 cm³/mol. The number of nitrogens with one attached hydrogen (secondary N) is 1. The molecule has 1 N–H and O–H groups in total. The quantitative estimate of drug-likeness (QED) is 0.211. The van der Waals surface area contributed by atoms with Crippen LogP contribution in [0, 0.1) is 11.6 Å². The number of para-hydroxylation sites is 1. The molecule has 0 spiro atoms. The van der Waals surface area contributed by atoms with Crippen molar-refractivity contribution in [3.05, 3.63) is 116 Å². The van der Waals surface area contributed by atoms with Gasteiger partial charge in [-0.25, -0.2) is 32.9 Å². The number of nitrogens with zero attached hydrogens (tertiary/aromatic N) is 5. The first-order valence-corrected chi connectivity index (χ1v) is 16.8. The van der Waals surface area contributed by atoms with E-state index >= 15 is 0 Å². The molecule has 3 aromatic carbocycles. The number of hydrogen-bond acceptors (Lipinski definition) is 8. The lowest BCUT2D eigenvalue weighted by Gasteiger charge is -2.30. The molecular formula is C38H42F2N6O5. The van der Waals surface area contributed by atoms with Crippen molar-refractivity contribution in [2.45, 2.75) is 37.8 Å². The average Bonchev–Trinajstić information content (AvgIpc) is 3.88. The minimum absolute atomic E-state index is 0.118. The number of rotatable bonds is 5. The molecule has 0 aliphatic carbocycles. The maximum absolute atomic E-state index is 13.0. The van der Waals surface area contributed by atoms with Crippen LogP contribution in [-0.2, 0) is 9.47 Å². The Morgan fingerprint density at radius 2 is 1.24 bits per heavy atom. The number of carbonyl (C=O) groups excluding carboxylic acids is 2. The van der Waals surface area contributed by atoms with E-state index in [-0.39, 0.29) is 23.7 Å². The van der Waals surface area contributed by atoms with Crippen molar-refractivity contribution in [1.29, 1.82) is 0 Å². The van der Waals surface area contributed by atoms with Crippen LogP contribution < -0.4 is 10.1 Å². The number of aromatic nitrogens is 4. The van der Waals surface area contributed by atoms with E-state index in [9.17, 15) is 18.4 Å². The van der Waals surface area contributed by atoms with Gasteiger partial charge in [0.15, 0.2) is 0 Å². The molecule has 1 amide bonds. The van der Waals surface area contributed by atoms with Crippen LogP contribution in [0.25, 0.3) is 22.5 Å². The Morgan fingerprint density at radius 3 is 1.75 bits per heavy atom. The number of halogens is 2. The van der Waals surface area contributed by atoms with E-state index in [0.29, 0.717) is 36.4 Å². The first kappa shape index (κ1) is 37.0. The van der Waals surface area contributed by atoms with Gasteiger partial charge in [0.2, 0.25) is 0 Å². The molecule has 0 atom stereocenters. The molecule has 0 radical (unpaired) electrons. The van der Waals surface area contributed by atoms with Crippen LogP contribution in [0.5, 0.6) is 5.75 Å². The van der Waals surface area contributed by atoms with E-state index in [1.807, 2.05) is 13.1 Å². The van der Waals surface area contributed by atoms with Crippen molar-refractivity contribution >= 4 is 12.1 Å². The fraction of sp³-hybridized carbons (Fsp3) is 0.316. The minimum atomic E-state index is -0.554. The second-order valence-electron chi connectivity index (χ2n) is 11.9. The van der Waals surface area contributed by atoms with E-state index in [2.05, 4.69) is 15.3 Å². The van der Waals surface area contributed by atoms with Gasteiger partial charge >= 0.3 is 12.1 Å². The Balaban J connectivity index is 0.000000163. The van der Waals surface area contributed by atoms with Gasteiger partial charge in [-0.3, -0.25) is 4.57 Å². The fourth-order valence-corrected chi connectivity index (χ4v) is 5.43. The lowest BCUT2D eigenvalue weighted by atomic mass is 10.1. The van der Waals surface area contributed by atoms with Crippen LogP contribution in [0.15, 0.2) is 104 Å². The normalized spacial score (nSPS) is 14.7. The summed E-state index contributed by atoms with van der Waals surface area (Å²) in [5.41, 5.74) is 2.72. The molecule has 5 aromatic rings. The molecule has 0 unspecified atom stereocenters. The summed E-state index contributed by atoms with van der Waals surface area (Å²) in [6.07, 6.45) is 9.57. The zero-order valence-electron chi connectivity index (χ0n) is 28.7. The van der Waals surface area contributed by atoms with Crippen LogP contribution in [0.4, 0.5) is 18.4 Å². The average molecular weight is 701 g/mol. The molecule has 51 heavy (non-hydrogen) atoms. The minimum Gasteiger partial charge on any atom is -0.410 e. The van der Waals surface area contributed by atoms with Crippen molar-refractivity contribution in [2.24, 2.45) is 0 Å². The van der Waals surface area contributed by atoms with Gasteiger partial charge in [0.1, 0.15) is 30.0 Å². The monoisotopic (exact) mass is 700 g/mol. The Bertz CT molecular complexity index is 1800. The number of hydrogen-bond donors (Lipinski definition) is 1. The predicted octanol–water partition coefficient (Wildman–Crippen LogP) is 6.89. The van der Waals surface area contributed by atoms with Gasteiger partial charge in [0.25, 0.3) is 0 Å². The van der Waals surface area contributed by atoms with Gasteiger partial charge in [-0.05, 0) is 93.4 Å². The molecule has 2 aromatic heterocycles. The van der Waals surface area contributed by atoms with E-state index in [1.165, 1.54) is 58.9 Å². The lowest BCUT2D eigenvalue weighted by molar-refractivity contribution is 0.0528. The highest BCUT2D eigenvalue weighted by molar-refractivity contribution is 5.78. The molecule has 11 nitrogen and oxygen atoms in total. The summed E-state index contributed by atoms with van der Waals surface area (Å²) in [7, 11) is 3.81. The first-order valence-electron chi connectivity index (χ1n) is 16.8. The number of imidazole rings is 2. The smallest absolute Gasteiger partial charge is 0.410 e. The highest BCUT2D eigenvalue weighted by atomic mass is 19.1. The maximum atomic E-state index is 13.0. The van der Waals surface area contributed by atoms with Crippen LogP contribution >= 0.6 is 0 Å². The third-order valence-corrected chi connectivity index (χ3v) is 8.50. The van der Waals surface area contributed by atoms with Crippen LogP contribution in [0.3, 0.4) is 0 Å². The third kappa shape index (κ3) is 10.9. The SMILES string of the molecule is CN(C(=O)n1cnc(-c2ccc(F)cc2)c1)C1CCOCC1.CNC1CCOCC1.O=C(Oc1ccccc1)n1cnc(-c2ccc(F)cc2)c1. The second kappa shape index (κ2) is 18.7. The van der Waals surface area contributed by atoms with Crippen molar-refractivity contribution in [1.82, 2.24) is 29.3 Å². The largest absolute Gasteiger partial charge is 0.424 e. The van der Waals surface area contributed by atoms with Crippen LogP contribution in [0.1, 0.15) is 25.7 Å². The molecule has 7 rings (SSSR count). The Morgan fingerprint density at radius 1 is 0.745 bits per heavy atom. The van der Waals surface area contributed by atoms with Crippen LogP contribution in [-0.4, -0.2) is 88.7 Å². The van der Waals surface area contributed by atoms with Crippen molar-refractivity contribution in [3.8, 4) is 28.3 Å². The standard InChI is InChI=1S/C16H18FN3O2.C16H11FN2O2.C6H13NO/c1-19(14-6-8-22-9-7-14)16(21)20-10-15(18-11-20)12-2-4-13(17)5-3-12;17-13-8-6-12(7-9-13)15-10-19(11-18-15)16(20)21-14-4-2-1-3-5-14;1-7-6-2-4-8-5-3-6/h2-5,10-11,14H,6-9H2,1H3;1-11H;6-7H,2-5H2,1H3. The molecular weight excluding hydrogens is 658 g/mol. The van der Waals surface area contributed by atoms with Gasteiger partial charge in [0, 0.05) is 69.1 Å². The highest BCUT2D eigenvalue weighted by Gasteiger charge is 2.23. The summed E-state index contributed by atoms with van der Waals surface area (Å²) in [5, 5.41) is 3.22. The van der Waals surface area contributed by atoms with E-state index < -0.39 is 6.09 Å². The number of amides is 1. The molecule has 13 heteroatoms. The number of ether oxygens (including phenoxy) is 3. The zero-order chi connectivity index (χ0) is 36.0. The fourth-order valence-electron chi connectivity index (χ4n) is 5.43. The molecule has 2 saturated heterocycles. The summed E-state index contributed by atoms with van der Waals surface area (Å²) in [6, 6.07) is 21.5. The summed E-state index contributed by atoms with van der Waals surface area (Å²) >= 11 is 0. The molecule has 4 heterocycles. The number of benzene rings is 3. The van der Waals surface area contributed by atoms with E-state index in [0.717, 1.165) is 37.2 Å². The molecule has 0 bridgehead atoms. The van der Waals surface area contributed by atoms with Gasteiger partial charge in [-0.1, -0.05) is 18.2 Å². The van der Waals surface area contributed by atoms with Crippen molar-refractivity contribution in [2.75, 3.05) is 40.5 Å². The zero-order valence-corrected chi connectivity index (χ0v) is 28.7. The van der Waals surface area contributed by atoms with Crippen LogP contribution in [0.2, 0.25) is 0 Å². The first-order chi connectivity index (χ1) is 24.8. The molecule has 0 saturated carbocycles. The van der Waals surface area contributed by atoms with Gasteiger partial charge in [-0.2, -0.15) is 0 Å².